The maximum absolute atomic E-state index is 12.6. The Hall–Kier alpha value is -3.26. The lowest BCUT2D eigenvalue weighted by Gasteiger charge is -2.25. The molecule has 0 fully saturated rings. The molecule has 7 nitrogen and oxygen atoms in total. The first kappa shape index (κ1) is 23.0. The number of carbonyl (C=O) groups is 3. The summed E-state index contributed by atoms with van der Waals surface area (Å²) in [6.07, 6.45) is 0.133. The van der Waals surface area contributed by atoms with Gasteiger partial charge in [0.25, 0.3) is 5.91 Å². The van der Waals surface area contributed by atoms with Gasteiger partial charge in [-0.25, -0.2) is 4.79 Å². The Morgan fingerprint density at radius 3 is 2.40 bits per heavy atom. The molecule has 0 saturated carbocycles. The normalized spacial score (nSPS) is 10.1. The van der Waals surface area contributed by atoms with Crippen LogP contribution in [0.25, 0.3) is 0 Å². The van der Waals surface area contributed by atoms with Crippen LogP contribution < -0.4 is 5.32 Å². The Morgan fingerprint density at radius 1 is 1.03 bits per heavy atom. The van der Waals surface area contributed by atoms with Gasteiger partial charge in [0.05, 0.1) is 25.7 Å². The standard InChI is InChI=1S/C22H24N2O5S/c1-3-29-19(25)12-13-24(15-16-8-5-4-6-9-16)22(30)23-20(26)17-10-7-11-18(14-17)21(27)28-2/h4-11,14H,3,12-13,15H2,1-2H3,(H,23,26,30). The molecule has 2 aromatic carbocycles. The Balaban J connectivity index is 2.11. The van der Waals surface area contributed by atoms with Gasteiger partial charge in [-0.05, 0) is 42.9 Å². The van der Waals surface area contributed by atoms with Crippen molar-refractivity contribution in [3.8, 4) is 0 Å². The van der Waals surface area contributed by atoms with Crippen LogP contribution in [0.3, 0.4) is 0 Å². The summed E-state index contributed by atoms with van der Waals surface area (Å²) in [6.45, 7) is 2.75. The third kappa shape index (κ3) is 6.97. The van der Waals surface area contributed by atoms with Gasteiger partial charge in [-0.1, -0.05) is 36.4 Å². The molecule has 0 radical (unpaired) electrons. The number of hydrogen-bond donors (Lipinski definition) is 1. The quantitative estimate of drug-likeness (QED) is 0.511. The van der Waals surface area contributed by atoms with E-state index >= 15 is 0 Å². The molecule has 0 atom stereocenters. The lowest BCUT2D eigenvalue weighted by Crippen LogP contribution is -2.43. The topological polar surface area (TPSA) is 84.9 Å². The molecule has 1 amide bonds. The van der Waals surface area contributed by atoms with Gasteiger partial charge in [-0.2, -0.15) is 0 Å². The number of benzene rings is 2. The summed E-state index contributed by atoms with van der Waals surface area (Å²) in [5.41, 5.74) is 1.51. The summed E-state index contributed by atoms with van der Waals surface area (Å²) in [4.78, 5) is 37.8. The van der Waals surface area contributed by atoms with Gasteiger partial charge >= 0.3 is 11.9 Å². The SMILES string of the molecule is CCOC(=O)CCN(Cc1ccccc1)C(=S)NC(=O)c1cccc(C(=O)OC)c1. The molecule has 2 aromatic rings. The average Bonchev–Trinajstić information content (AvgIpc) is 2.76. The van der Waals surface area contributed by atoms with Crippen LogP contribution in [0.2, 0.25) is 0 Å². The molecule has 8 heteroatoms. The number of esters is 2. The van der Waals surface area contributed by atoms with Crippen LogP contribution in [0.4, 0.5) is 0 Å². The maximum Gasteiger partial charge on any atom is 0.337 e. The van der Waals surface area contributed by atoms with Crippen molar-refractivity contribution in [3.63, 3.8) is 0 Å². The van der Waals surface area contributed by atoms with Crippen LogP contribution in [0.15, 0.2) is 54.6 Å². The number of amides is 1. The summed E-state index contributed by atoms with van der Waals surface area (Å²) in [5.74, 6) is -1.33. The zero-order valence-electron chi connectivity index (χ0n) is 16.9. The first-order valence-electron chi connectivity index (χ1n) is 9.42. The van der Waals surface area contributed by atoms with Crippen molar-refractivity contribution in [1.82, 2.24) is 10.2 Å². The molecule has 0 aliphatic carbocycles. The van der Waals surface area contributed by atoms with Gasteiger partial charge in [0.1, 0.15) is 0 Å². The van der Waals surface area contributed by atoms with Crippen molar-refractivity contribution in [2.75, 3.05) is 20.3 Å². The predicted octanol–water partition coefficient (Wildman–Crippen LogP) is 2.94. The average molecular weight is 429 g/mol. The molecular weight excluding hydrogens is 404 g/mol. The molecule has 0 unspecified atom stereocenters. The zero-order chi connectivity index (χ0) is 21.9. The molecule has 1 N–H and O–H groups in total. The molecular formula is C22H24N2O5S. The highest BCUT2D eigenvalue weighted by Gasteiger charge is 2.17. The molecule has 0 heterocycles. The molecule has 0 aliphatic rings. The fraction of sp³-hybridized carbons (Fsp3) is 0.273. The lowest BCUT2D eigenvalue weighted by atomic mass is 10.1. The van der Waals surface area contributed by atoms with Crippen molar-refractivity contribution in [1.29, 1.82) is 0 Å². The van der Waals surface area contributed by atoms with Crippen molar-refractivity contribution in [2.45, 2.75) is 19.9 Å². The highest BCUT2D eigenvalue weighted by molar-refractivity contribution is 7.80. The van der Waals surface area contributed by atoms with Crippen LogP contribution >= 0.6 is 12.2 Å². The van der Waals surface area contributed by atoms with Crippen molar-refractivity contribution >= 4 is 35.2 Å². The van der Waals surface area contributed by atoms with Gasteiger partial charge in [0.2, 0.25) is 0 Å². The van der Waals surface area contributed by atoms with E-state index in [1.165, 1.54) is 13.2 Å². The number of hydrogen-bond acceptors (Lipinski definition) is 6. The fourth-order valence-corrected chi connectivity index (χ4v) is 2.92. The van der Waals surface area contributed by atoms with Crippen molar-refractivity contribution in [2.24, 2.45) is 0 Å². The van der Waals surface area contributed by atoms with Gasteiger partial charge in [0.15, 0.2) is 5.11 Å². The first-order chi connectivity index (χ1) is 14.4. The summed E-state index contributed by atoms with van der Waals surface area (Å²) in [7, 11) is 1.27. The summed E-state index contributed by atoms with van der Waals surface area (Å²) in [5, 5.41) is 2.85. The largest absolute Gasteiger partial charge is 0.466 e. The number of nitrogens with one attached hydrogen (secondary N) is 1. The predicted molar refractivity (Wildman–Crippen MR) is 116 cm³/mol. The van der Waals surface area contributed by atoms with Crippen LogP contribution in [0.5, 0.6) is 0 Å². The highest BCUT2D eigenvalue weighted by atomic mass is 32.1. The third-order valence-corrected chi connectivity index (χ3v) is 4.52. The lowest BCUT2D eigenvalue weighted by molar-refractivity contribution is -0.143. The van der Waals surface area contributed by atoms with E-state index in [2.05, 4.69) is 10.1 Å². The smallest absolute Gasteiger partial charge is 0.337 e. The van der Waals surface area contributed by atoms with E-state index in [4.69, 9.17) is 17.0 Å². The summed E-state index contributed by atoms with van der Waals surface area (Å²) >= 11 is 5.42. The molecule has 0 bridgehead atoms. The third-order valence-electron chi connectivity index (χ3n) is 4.16. The summed E-state index contributed by atoms with van der Waals surface area (Å²) in [6, 6.07) is 15.7. The maximum atomic E-state index is 12.6. The van der Waals surface area contributed by atoms with Crippen LogP contribution in [0, 0.1) is 0 Å². The minimum Gasteiger partial charge on any atom is -0.466 e. The van der Waals surface area contributed by atoms with Gasteiger partial charge < -0.3 is 14.4 Å². The molecule has 30 heavy (non-hydrogen) atoms. The zero-order valence-corrected chi connectivity index (χ0v) is 17.7. The Kier molecular flexibility index (Phi) is 8.96. The monoisotopic (exact) mass is 428 g/mol. The van der Waals surface area contributed by atoms with Gasteiger partial charge in [-0.15, -0.1) is 0 Å². The molecule has 0 aromatic heterocycles. The van der Waals surface area contributed by atoms with Crippen molar-refractivity contribution in [3.05, 3.63) is 71.3 Å². The second-order valence-corrected chi connectivity index (χ2v) is 6.68. The van der Waals surface area contributed by atoms with E-state index in [9.17, 15) is 14.4 Å². The Labute approximate surface area is 181 Å². The number of carbonyl (C=O) groups excluding carboxylic acids is 3. The summed E-state index contributed by atoms with van der Waals surface area (Å²) < 4.78 is 9.66. The molecule has 2 rings (SSSR count). The minimum absolute atomic E-state index is 0.133. The molecule has 0 spiro atoms. The Morgan fingerprint density at radius 2 is 1.73 bits per heavy atom. The van der Waals surface area contributed by atoms with Crippen LogP contribution in [-0.2, 0) is 20.8 Å². The van der Waals surface area contributed by atoms with E-state index in [0.29, 0.717) is 13.2 Å². The van der Waals surface area contributed by atoms with Gasteiger partial charge in [0, 0.05) is 18.7 Å². The number of nitrogens with zero attached hydrogens (tertiary/aromatic N) is 1. The fourth-order valence-electron chi connectivity index (χ4n) is 2.67. The number of rotatable bonds is 8. The van der Waals surface area contributed by atoms with E-state index in [-0.39, 0.29) is 35.2 Å². The van der Waals surface area contributed by atoms with E-state index < -0.39 is 11.9 Å². The highest BCUT2D eigenvalue weighted by Crippen LogP contribution is 2.09. The number of methoxy groups -OCH3 is 1. The molecule has 0 saturated heterocycles. The number of ether oxygens (including phenoxy) is 2. The van der Waals surface area contributed by atoms with Crippen molar-refractivity contribution < 1.29 is 23.9 Å². The second-order valence-electron chi connectivity index (χ2n) is 6.29. The molecule has 158 valence electrons. The van der Waals surface area contributed by atoms with Crippen LogP contribution in [-0.4, -0.2) is 48.1 Å². The molecule has 0 aliphatic heterocycles. The van der Waals surface area contributed by atoms with E-state index in [1.54, 1.807) is 30.0 Å². The Bertz CT molecular complexity index is 901. The van der Waals surface area contributed by atoms with E-state index in [1.807, 2.05) is 30.3 Å². The number of thiocarbonyl (C=S) groups is 1. The first-order valence-corrected chi connectivity index (χ1v) is 9.83. The van der Waals surface area contributed by atoms with E-state index in [0.717, 1.165) is 5.56 Å². The minimum atomic E-state index is -0.535. The second kappa shape index (κ2) is 11.7. The van der Waals surface area contributed by atoms with Crippen LogP contribution in [0.1, 0.15) is 39.6 Å². The van der Waals surface area contributed by atoms with Gasteiger partial charge in [-0.3, -0.25) is 14.9 Å².